The number of benzene rings is 1. The van der Waals surface area contributed by atoms with E-state index in [1.54, 1.807) is 20.8 Å². The van der Waals surface area contributed by atoms with Crippen LogP contribution in [0, 0.1) is 15.5 Å². The van der Waals surface area contributed by atoms with Gasteiger partial charge in [0.15, 0.2) is 0 Å². The molecule has 0 unspecified atom stereocenters. The molecule has 0 amide bonds. The maximum Gasteiger partial charge on any atom is 0.416 e. The van der Waals surface area contributed by atoms with Crippen molar-refractivity contribution in [2.24, 2.45) is 5.41 Å². The van der Waals surface area contributed by atoms with Crippen LogP contribution in [0.25, 0.3) is 0 Å². The number of carbonyl (C=O) groups excluding carboxylic acids is 1. The van der Waals surface area contributed by atoms with E-state index < -0.39 is 34.2 Å². The minimum Gasteiger partial charge on any atom is -0.299 e. The van der Waals surface area contributed by atoms with Gasteiger partial charge in [0.1, 0.15) is 5.78 Å². The molecule has 0 spiro atoms. The van der Waals surface area contributed by atoms with Crippen LogP contribution in [0.4, 0.5) is 18.9 Å². The summed E-state index contributed by atoms with van der Waals surface area (Å²) in [6, 6.07) is 2.43. The van der Waals surface area contributed by atoms with Gasteiger partial charge in [0.05, 0.1) is 10.5 Å². The molecule has 0 aromatic heterocycles. The lowest BCUT2D eigenvalue weighted by atomic mass is 9.86. The molecular weight excluding hydrogens is 275 g/mol. The highest BCUT2D eigenvalue weighted by molar-refractivity contribution is 5.86. The van der Waals surface area contributed by atoms with E-state index in [1.807, 2.05) is 0 Å². The van der Waals surface area contributed by atoms with Crippen molar-refractivity contribution < 1.29 is 22.9 Å². The molecule has 0 bridgehead atoms. The van der Waals surface area contributed by atoms with Gasteiger partial charge in [-0.2, -0.15) is 13.2 Å². The number of nitro groups is 1. The highest BCUT2D eigenvalue weighted by atomic mass is 19.4. The Morgan fingerprint density at radius 3 is 2.20 bits per heavy atom. The van der Waals surface area contributed by atoms with E-state index in [4.69, 9.17) is 0 Å². The first-order chi connectivity index (χ1) is 8.93. The van der Waals surface area contributed by atoms with Gasteiger partial charge in [-0.05, 0) is 5.56 Å². The zero-order valence-corrected chi connectivity index (χ0v) is 11.2. The van der Waals surface area contributed by atoms with Gasteiger partial charge in [-0.15, -0.1) is 0 Å². The Balaban J connectivity index is 3.27. The maximum absolute atomic E-state index is 12.9. The fraction of sp³-hybridized carbons (Fsp3) is 0.462. The maximum atomic E-state index is 12.9. The minimum absolute atomic E-state index is 0.247. The highest BCUT2D eigenvalue weighted by Crippen LogP contribution is 2.35. The topological polar surface area (TPSA) is 60.2 Å². The number of ketones is 1. The van der Waals surface area contributed by atoms with Gasteiger partial charge in [0, 0.05) is 24.0 Å². The molecule has 0 saturated carbocycles. The molecule has 0 radical (unpaired) electrons. The molecule has 4 nitrogen and oxygen atoms in total. The van der Waals surface area contributed by atoms with Crippen molar-refractivity contribution in [1.29, 1.82) is 0 Å². The summed E-state index contributed by atoms with van der Waals surface area (Å²) in [5, 5.41) is 10.5. The molecule has 0 atom stereocenters. The Bertz CT molecular complexity index is 545. The fourth-order valence-corrected chi connectivity index (χ4v) is 1.53. The number of hydrogen-bond acceptors (Lipinski definition) is 3. The first-order valence-corrected chi connectivity index (χ1v) is 5.80. The molecule has 110 valence electrons. The SMILES string of the molecule is CC(C)(C)C(=O)Cc1ccc([N+](=O)[O-])cc1C(F)(F)F. The van der Waals surface area contributed by atoms with Gasteiger partial charge >= 0.3 is 6.18 Å². The number of halogens is 3. The van der Waals surface area contributed by atoms with Gasteiger partial charge in [0.25, 0.3) is 5.69 Å². The van der Waals surface area contributed by atoms with E-state index in [9.17, 15) is 28.1 Å². The minimum atomic E-state index is -4.74. The third-order valence-corrected chi connectivity index (χ3v) is 2.80. The van der Waals surface area contributed by atoms with E-state index in [0.717, 1.165) is 12.1 Å². The highest BCUT2D eigenvalue weighted by Gasteiger charge is 2.36. The zero-order valence-electron chi connectivity index (χ0n) is 11.2. The number of non-ortho nitro benzene ring substituents is 1. The molecule has 0 aliphatic heterocycles. The van der Waals surface area contributed by atoms with Gasteiger partial charge < -0.3 is 0 Å². The van der Waals surface area contributed by atoms with Crippen molar-refractivity contribution in [3.63, 3.8) is 0 Å². The summed E-state index contributed by atoms with van der Waals surface area (Å²) in [5.41, 5.74) is -2.80. The van der Waals surface area contributed by atoms with Crippen LogP contribution < -0.4 is 0 Å². The Morgan fingerprint density at radius 1 is 1.25 bits per heavy atom. The van der Waals surface area contributed by atoms with Crippen molar-refractivity contribution >= 4 is 11.5 Å². The van der Waals surface area contributed by atoms with E-state index in [1.165, 1.54) is 0 Å². The molecule has 20 heavy (non-hydrogen) atoms. The molecule has 1 aromatic carbocycles. The first-order valence-electron chi connectivity index (χ1n) is 5.80. The van der Waals surface area contributed by atoms with E-state index in [2.05, 4.69) is 0 Å². The number of hydrogen-bond donors (Lipinski definition) is 0. The molecule has 0 saturated heterocycles. The number of nitrogens with zero attached hydrogens (tertiary/aromatic N) is 1. The van der Waals surface area contributed by atoms with Crippen LogP contribution >= 0.6 is 0 Å². The second kappa shape index (κ2) is 5.22. The van der Waals surface area contributed by atoms with Crippen molar-refractivity contribution in [3.05, 3.63) is 39.4 Å². The average molecular weight is 289 g/mol. The monoisotopic (exact) mass is 289 g/mol. The summed E-state index contributed by atoms with van der Waals surface area (Å²) in [6.07, 6.45) is -5.14. The van der Waals surface area contributed by atoms with Crippen LogP contribution in [0.5, 0.6) is 0 Å². The zero-order chi connectivity index (χ0) is 15.7. The smallest absolute Gasteiger partial charge is 0.299 e. The lowest BCUT2D eigenvalue weighted by Gasteiger charge is -2.18. The van der Waals surface area contributed by atoms with Crippen LogP contribution in [0.15, 0.2) is 18.2 Å². The Labute approximate surface area is 113 Å². The van der Waals surface area contributed by atoms with Crippen molar-refractivity contribution in [3.8, 4) is 0 Å². The third-order valence-electron chi connectivity index (χ3n) is 2.80. The van der Waals surface area contributed by atoms with Crippen molar-refractivity contribution in [1.82, 2.24) is 0 Å². The van der Waals surface area contributed by atoms with Crippen LogP contribution in [-0.4, -0.2) is 10.7 Å². The first kappa shape index (κ1) is 16.1. The molecule has 1 aromatic rings. The largest absolute Gasteiger partial charge is 0.416 e. The van der Waals surface area contributed by atoms with E-state index in [-0.39, 0.29) is 11.3 Å². The number of carbonyl (C=O) groups is 1. The summed E-state index contributed by atoms with van der Waals surface area (Å²) < 4.78 is 38.7. The number of rotatable bonds is 3. The van der Waals surface area contributed by atoms with Crippen molar-refractivity contribution in [2.45, 2.75) is 33.4 Å². The van der Waals surface area contributed by atoms with Gasteiger partial charge in [-0.3, -0.25) is 14.9 Å². The molecule has 0 N–H and O–H groups in total. The van der Waals surface area contributed by atoms with Crippen LogP contribution in [-0.2, 0) is 17.4 Å². The van der Waals surface area contributed by atoms with Crippen LogP contribution in [0.2, 0.25) is 0 Å². The molecule has 0 aliphatic carbocycles. The quantitative estimate of drug-likeness (QED) is 0.628. The third kappa shape index (κ3) is 3.79. The van der Waals surface area contributed by atoms with Crippen LogP contribution in [0.1, 0.15) is 31.9 Å². The lowest BCUT2D eigenvalue weighted by molar-refractivity contribution is -0.385. The Morgan fingerprint density at radius 2 is 1.80 bits per heavy atom. The van der Waals surface area contributed by atoms with E-state index in [0.29, 0.717) is 6.07 Å². The molecule has 0 fully saturated rings. The van der Waals surface area contributed by atoms with Gasteiger partial charge in [-0.25, -0.2) is 0 Å². The predicted molar refractivity (Wildman–Crippen MR) is 66.3 cm³/mol. The Hall–Kier alpha value is -1.92. The molecule has 0 heterocycles. The summed E-state index contributed by atoms with van der Waals surface area (Å²) in [4.78, 5) is 21.5. The summed E-state index contributed by atoms with van der Waals surface area (Å²) in [6.45, 7) is 4.82. The van der Waals surface area contributed by atoms with Crippen molar-refractivity contribution in [2.75, 3.05) is 0 Å². The second-order valence-corrected chi connectivity index (χ2v) is 5.45. The average Bonchev–Trinajstić information content (AvgIpc) is 2.26. The standard InChI is InChI=1S/C13H14F3NO3/c1-12(2,3)11(18)6-8-4-5-9(17(19)20)7-10(8)13(14,15)16/h4-5,7H,6H2,1-3H3. The number of Topliss-reactive ketones (excluding diaryl/α,β-unsaturated/α-hetero) is 1. The predicted octanol–water partition coefficient (Wildman–Crippen LogP) is 3.77. The van der Waals surface area contributed by atoms with Gasteiger partial charge in [-0.1, -0.05) is 26.8 Å². The lowest BCUT2D eigenvalue weighted by Crippen LogP contribution is -2.23. The summed E-state index contributed by atoms with van der Waals surface area (Å²) >= 11 is 0. The van der Waals surface area contributed by atoms with E-state index >= 15 is 0 Å². The Kier molecular flexibility index (Phi) is 4.21. The van der Waals surface area contributed by atoms with Gasteiger partial charge in [0.2, 0.25) is 0 Å². The molecule has 1 rings (SSSR count). The summed E-state index contributed by atoms with van der Waals surface area (Å²) in [5.74, 6) is -0.364. The fourth-order valence-electron chi connectivity index (χ4n) is 1.53. The number of alkyl halides is 3. The molecule has 0 aliphatic rings. The summed E-state index contributed by atoms with van der Waals surface area (Å²) in [7, 11) is 0. The number of nitro benzene ring substituents is 1. The molecule has 7 heteroatoms. The second-order valence-electron chi connectivity index (χ2n) is 5.45. The normalized spacial score (nSPS) is 12.3. The van der Waals surface area contributed by atoms with Crippen LogP contribution in [0.3, 0.4) is 0 Å². The molecular formula is C13H14F3NO3.